The van der Waals surface area contributed by atoms with Crippen molar-refractivity contribution in [2.24, 2.45) is 0 Å². The summed E-state index contributed by atoms with van der Waals surface area (Å²) in [6.07, 6.45) is -25.4. The van der Waals surface area contributed by atoms with Crippen molar-refractivity contribution in [3.8, 4) is 0 Å². The van der Waals surface area contributed by atoms with Crippen molar-refractivity contribution in [3.05, 3.63) is 0 Å². The molecule has 200 valence electrons. The Morgan fingerprint density at radius 2 is 0.765 bits per heavy atom. The zero-order chi connectivity index (χ0) is 25.3. The molecule has 15 atom stereocenters. The summed E-state index contributed by atoms with van der Waals surface area (Å²) in [6, 6.07) is 0. The van der Waals surface area contributed by atoms with E-state index in [0.29, 0.717) is 0 Å². The van der Waals surface area contributed by atoms with Gasteiger partial charge in [-0.1, -0.05) is 0 Å². The van der Waals surface area contributed by atoms with Crippen molar-refractivity contribution >= 4 is 0 Å². The van der Waals surface area contributed by atoms with Gasteiger partial charge in [-0.3, -0.25) is 0 Å². The number of aliphatic hydroxyl groups excluding tert-OH is 11. The standard InChI is InChI=1S/C18H32O16/c19-1-4-7(22)10(25)12(27)16(30-4)33-15-9(24)6(3-21)32-18(14(15)29)34-17-13(28)11(26)8(23)5(2-20)31-17/h4-29H,1-3H2/t4-,5-,6-,7-,8-,9-,10+,11+,12-,13-,14-,15+,16-,17+,18-/m1/s1. The maximum Gasteiger partial charge on any atom is 0.189 e. The first kappa shape index (κ1) is 27.9. The maximum absolute atomic E-state index is 10.7. The van der Waals surface area contributed by atoms with Crippen LogP contribution in [-0.4, -0.2) is 168 Å². The fraction of sp³-hybridized carbons (Fsp3) is 1.00. The van der Waals surface area contributed by atoms with Gasteiger partial charge in [-0.25, -0.2) is 0 Å². The molecule has 0 unspecified atom stereocenters. The minimum atomic E-state index is -1.91. The quantitative estimate of drug-likeness (QED) is 0.154. The number of aliphatic hydroxyl groups is 11. The first-order valence-corrected chi connectivity index (χ1v) is 10.6. The Balaban J connectivity index is 1.76. The Bertz CT molecular complexity index is 637. The summed E-state index contributed by atoms with van der Waals surface area (Å²) in [5.74, 6) is 0. The molecular weight excluding hydrogens is 472 g/mol. The van der Waals surface area contributed by atoms with E-state index in [-0.39, 0.29) is 0 Å². The van der Waals surface area contributed by atoms with Crippen molar-refractivity contribution in [2.75, 3.05) is 19.8 Å². The smallest absolute Gasteiger partial charge is 0.189 e. The van der Waals surface area contributed by atoms with Gasteiger partial charge < -0.3 is 79.9 Å². The van der Waals surface area contributed by atoms with Crippen LogP contribution in [0.1, 0.15) is 0 Å². The van der Waals surface area contributed by atoms with Gasteiger partial charge in [0.1, 0.15) is 73.2 Å². The van der Waals surface area contributed by atoms with E-state index in [0.717, 1.165) is 0 Å². The normalized spacial score (nSPS) is 52.5. The average Bonchev–Trinajstić information content (AvgIpc) is 2.83. The molecule has 0 aliphatic carbocycles. The van der Waals surface area contributed by atoms with Crippen molar-refractivity contribution in [3.63, 3.8) is 0 Å². The number of hydrogen-bond donors (Lipinski definition) is 11. The van der Waals surface area contributed by atoms with E-state index in [1.807, 2.05) is 0 Å². The predicted octanol–water partition coefficient (Wildman–Crippen LogP) is -7.57. The highest BCUT2D eigenvalue weighted by atomic mass is 16.8. The van der Waals surface area contributed by atoms with Gasteiger partial charge in [-0.2, -0.15) is 0 Å². The highest BCUT2D eigenvalue weighted by Gasteiger charge is 2.53. The lowest BCUT2D eigenvalue weighted by Crippen LogP contribution is -2.66. The summed E-state index contributed by atoms with van der Waals surface area (Å²) in [5.41, 5.74) is 0. The molecule has 3 aliphatic rings. The van der Waals surface area contributed by atoms with Crippen LogP contribution in [0, 0.1) is 0 Å². The van der Waals surface area contributed by atoms with Crippen molar-refractivity contribution in [2.45, 2.75) is 92.1 Å². The average molecular weight is 504 g/mol. The molecule has 0 radical (unpaired) electrons. The molecule has 0 amide bonds. The molecule has 3 rings (SSSR count). The van der Waals surface area contributed by atoms with Crippen LogP contribution >= 0.6 is 0 Å². The first-order chi connectivity index (χ1) is 16.0. The molecule has 0 spiro atoms. The number of hydrogen-bond acceptors (Lipinski definition) is 16. The molecule has 11 N–H and O–H groups in total. The van der Waals surface area contributed by atoms with Crippen LogP contribution in [0.5, 0.6) is 0 Å². The fourth-order valence-corrected chi connectivity index (χ4v) is 3.97. The second kappa shape index (κ2) is 11.6. The topological polar surface area (TPSA) is 269 Å². The Kier molecular flexibility index (Phi) is 9.54. The lowest BCUT2D eigenvalue weighted by Gasteiger charge is -2.47. The van der Waals surface area contributed by atoms with Crippen molar-refractivity contribution < 1.29 is 79.9 Å². The van der Waals surface area contributed by atoms with Crippen molar-refractivity contribution in [1.29, 1.82) is 0 Å². The molecule has 3 aliphatic heterocycles. The van der Waals surface area contributed by atoms with Gasteiger partial charge in [0.2, 0.25) is 0 Å². The third-order valence-electron chi connectivity index (χ3n) is 6.08. The molecule has 0 aromatic carbocycles. The molecule has 16 nitrogen and oxygen atoms in total. The zero-order valence-corrected chi connectivity index (χ0v) is 17.7. The number of rotatable bonds is 7. The van der Waals surface area contributed by atoms with Gasteiger partial charge in [-0.05, 0) is 0 Å². The Morgan fingerprint density at radius 1 is 0.412 bits per heavy atom. The van der Waals surface area contributed by atoms with Crippen LogP contribution in [-0.2, 0) is 23.7 Å². The van der Waals surface area contributed by atoms with Gasteiger partial charge in [0.15, 0.2) is 18.9 Å². The van der Waals surface area contributed by atoms with Crippen LogP contribution in [0.4, 0.5) is 0 Å². The molecule has 0 aromatic rings. The van der Waals surface area contributed by atoms with Crippen LogP contribution in [0.2, 0.25) is 0 Å². The SMILES string of the molecule is OC[C@H]1O[C@@H](O[C@H]2O[C@H](CO)[C@@H](O)[C@H](O[C@H]3O[C@H](CO)[C@@H](O)[C@H](O)[C@H]3O)[C@H]2O)[C@H](O)[C@@H](O)[C@@H]1O. The summed E-state index contributed by atoms with van der Waals surface area (Å²) >= 11 is 0. The van der Waals surface area contributed by atoms with E-state index in [9.17, 15) is 56.2 Å². The van der Waals surface area contributed by atoms with E-state index in [2.05, 4.69) is 0 Å². The largest absolute Gasteiger partial charge is 0.394 e. The summed E-state index contributed by atoms with van der Waals surface area (Å²) in [4.78, 5) is 0. The monoisotopic (exact) mass is 504 g/mol. The van der Waals surface area contributed by atoms with Gasteiger partial charge in [0.05, 0.1) is 19.8 Å². The van der Waals surface area contributed by atoms with E-state index in [1.165, 1.54) is 0 Å². The molecule has 3 heterocycles. The van der Waals surface area contributed by atoms with Gasteiger partial charge in [0.25, 0.3) is 0 Å². The molecule has 0 bridgehead atoms. The van der Waals surface area contributed by atoms with Gasteiger partial charge in [-0.15, -0.1) is 0 Å². The summed E-state index contributed by atoms with van der Waals surface area (Å²) in [7, 11) is 0. The second-order valence-electron chi connectivity index (χ2n) is 8.34. The number of ether oxygens (including phenoxy) is 5. The van der Waals surface area contributed by atoms with Crippen LogP contribution in [0.25, 0.3) is 0 Å². The van der Waals surface area contributed by atoms with E-state index in [1.54, 1.807) is 0 Å². The molecule has 16 heteroatoms. The lowest BCUT2D eigenvalue weighted by atomic mass is 9.96. The molecule has 3 fully saturated rings. The molecule has 0 saturated carbocycles. The van der Waals surface area contributed by atoms with E-state index in [4.69, 9.17) is 23.7 Å². The third kappa shape index (κ3) is 5.37. The highest BCUT2D eigenvalue weighted by molar-refractivity contribution is 4.95. The lowest BCUT2D eigenvalue weighted by molar-refractivity contribution is -0.393. The maximum atomic E-state index is 10.7. The van der Waals surface area contributed by atoms with Crippen molar-refractivity contribution in [1.82, 2.24) is 0 Å². The molecular formula is C18H32O16. The van der Waals surface area contributed by atoms with Crippen LogP contribution in [0.3, 0.4) is 0 Å². The molecule has 3 saturated heterocycles. The minimum Gasteiger partial charge on any atom is -0.394 e. The minimum absolute atomic E-state index is 0.750. The Hall–Kier alpha value is -0.640. The summed E-state index contributed by atoms with van der Waals surface area (Å²) in [6.45, 7) is -2.32. The zero-order valence-electron chi connectivity index (χ0n) is 17.7. The van der Waals surface area contributed by atoms with E-state index < -0.39 is 112 Å². The van der Waals surface area contributed by atoms with Crippen LogP contribution < -0.4 is 0 Å². The molecule has 34 heavy (non-hydrogen) atoms. The first-order valence-electron chi connectivity index (χ1n) is 10.6. The summed E-state index contributed by atoms with van der Waals surface area (Å²) in [5, 5.41) is 109. The highest BCUT2D eigenvalue weighted by Crippen LogP contribution is 2.31. The Labute approximate surface area is 192 Å². The van der Waals surface area contributed by atoms with Gasteiger partial charge in [0, 0.05) is 0 Å². The second-order valence-corrected chi connectivity index (χ2v) is 8.34. The van der Waals surface area contributed by atoms with Crippen LogP contribution in [0.15, 0.2) is 0 Å². The third-order valence-corrected chi connectivity index (χ3v) is 6.08. The van der Waals surface area contributed by atoms with Gasteiger partial charge >= 0.3 is 0 Å². The van der Waals surface area contributed by atoms with E-state index >= 15 is 0 Å². The molecule has 0 aromatic heterocycles. The summed E-state index contributed by atoms with van der Waals surface area (Å²) < 4.78 is 26.5. The predicted molar refractivity (Wildman–Crippen MR) is 101 cm³/mol. The fourth-order valence-electron chi connectivity index (χ4n) is 3.97. The Morgan fingerprint density at radius 3 is 1.18 bits per heavy atom.